The Bertz CT molecular complexity index is 273. The quantitative estimate of drug-likeness (QED) is 0.658. The van der Waals surface area contributed by atoms with Gasteiger partial charge in [-0.1, -0.05) is 0 Å². The summed E-state index contributed by atoms with van der Waals surface area (Å²) < 4.78 is 5.46. The molecule has 0 aromatic rings. The van der Waals surface area contributed by atoms with Gasteiger partial charge in [0.05, 0.1) is 19.1 Å². The fraction of sp³-hybridized carbons (Fsp3) is 0.917. The normalized spacial score (nSPS) is 30.1. The maximum atomic E-state index is 12.0. The summed E-state index contributed by atoms with van der Waals surface area (Å²) >= 11 is 0. The van der Waals surface area contributed by atoms with E-state index in [1.165, 1.54) is 13.0 Å². The van der Waals surface area contributed by atoms with Crippen molar-refractivity contribution in [3.05, 3.63) is 0 Å². The van der Waals surface area contributed by atoms with Gasteiger partial charge in [0, 0.05) is 12.5 Å². The zero-order valence-electron chi connectivity index (χ0n) is 10.5. The van der Waals surface area contributed by atoms with Crippen LogP contribution in [0.4, 0.5) is 4.79 Å². The molecule has 1 amide bonds. The summed E-state index contributed by atoms with van der Waals surface area (Å²) in [7, 11) is 0. The van der Waals surface area contributed by atoms with Gasteiger partial charge in [0.2, 0.25) is 0 Å². The minimum Gasteiger partial charge on any atom is -0.444 e. The minimum absolute atomic E-state index is 0.127. The third-order valence-corrected chi connectivity index (χ3v) is 3.42. The molecule has 0 aromatic carbocycles. The summed E-state index contributed by atoms with van der Waals surface area (Å²) in [5, 5.41) is 2.32. The molecule has 92 valence electrons. The van der Waals surface area contributed by atoms with Crippen LogP contribution in [-0.2, 0) is 4.74 Å². The van der Waals surface area contributed by atoms with E-state index in [-0.39, 0.29) is 11.7 Å². The van der Waals surface area contributed by atoms with Gasteiger partial charge in [-0.25, -0.2) is 4.79 Å². The zero-order valence-corrected chi connectivity index (χ0v) is 10.5. The van der Waals surface area contributed by atoms with E-state index in [2.05, 4.69) is 5.32 Å². The van der Waals surface area contributed by atoms with Crippen molar-refractivity contribution in [1.82, 2.24) is 4.90 Å². The van der Waals surface area contributed by atoms with Crippen LogP contribution in [0.15, 0.2) is 0 Å². The standard InChI is InChI=1S/C12H22N2O2/c1-12(2,3)16-11(15)14-6-4-5-9-7-13-8-10(9)14/h9-10,13H,4-8H2,1-3H3/p+1/t9-,10+/m1/s1. The van der Waals surface area contributed by atoms with E-state index in [4.69, 9.17) is 4.74 Å². The Morgan fingerprint density at radius 3 is 2.81 bits per heavy atom. The van der Waals surface area contributed by atoms with Crippen molar-refractivity contribution in [3.63, 3.8) is 0 Å². The molecule has 2 rings (SSSR count). The summed E-state index contributed by atoms with van der Waals surface area (Å²) in [6.45, 7) is 8.85. The molecule has 2 atom stereocenters. The van der Waals surface area contributed by atoms with E-state index >= 15 is 0 Å². The molecule has 0 spiro atoms. The van der Waals surface area contributed by atoms with Gasteiger partial charge in [-0.2, -0.15) is 0 Å². The Kier molecular flexibility index (Phi) is 3.10. The van der Waals surface area contributed by atoms with E-state index in [9.17, 15) is 4.79 Å². The summed E-state index contributed by atoms with van der Waals surface area (Å²) in [5.41, 5.74) is -0.383. The van der Waals surface area contributed by atoms with Crippen LogP contribution in [0.2, 0.25) is 0 Å². The van der Waals surface area contributed by atoms with Crippen LogP contribution in [0.25, 0.3) is 0 Å². The molecule has 2 aliphatic rings. The smallest absolute Gasteiger partial charge is 0.410 e. The van der Waals surface area contributed by atoms with Gasteiger partial charge in [-0.05, 0) is 33.6 Å². The number of ether oxygens (including phenoxy) is 1. The Morgan fingerprint density at radius 1 is 1.38 bits per heavy atom. The van der Waals surface area contributed by atoms with Crippen LogP contribution in [-0.4, -0.2) is 42.3 Å². The molecule has 0 bridgehead atoms. The fourth-order valence-corrected chi connectivity index (χ4v) is 2.76. The van der Waals surface area contributed by atoms with Crippen molar-refractivity contribution in [1.29, 1.82) is 0 Å². The van der Waals surface area contributed by atoms with Gasteiger partial charge in [-0.3, -0.25) is 4.90 Å². The van der Waals surface area contributed by atoms with Gasteiger partial charge in [-0.15, -0.1) is 0 Å². The predicted molar refractivity (Wildman–Crippen MR) is 61.1 cm³/mol. The first kappa shape index (κ1) is 11.7. The summed E-state index contributed by atoms with van der Waals surface area (Å²) in [5.74, 6) is 0.682. The highest BCUT2D eigenvalue weighted by Crippen LogP contribution is 2.25. The molecule has 0 aliphatic carbocycles. The molecule has 16 heavy (non-hydrogen) atoms. The Balaban J connectivity index is 2.00. The number of nitrogens with two attached hydrogens (primary N) is 1. The number of hydrogen-bond donors (Lipinski definition) is 1. The van der Waals surface area contributed by atoms with E-state index < -0.39 is 0 Å². The molecule has 2 N–H and O–H groups in total. The summed E-state index contributed by atoms with van der Waals surface area (Å²) in [6, 6.07) is 0.406. The number of hydrogen-bond acceptors (Lipinski definition) is 2. The number of likely N-dealkylation sites (tertiary alicyclic amines) is 1. The Labute approximate surface area is 97.3 Å². The van der Waals surface area contributed by atoms with Crippen LogP contribution in [0, 0.1) is 5.92 Å². The number of quaternary nitrogens is 1. The number of carbonyl (C=O) groups is 1. The highest BCUT2D eigenvalue weighted by Gasteiger charge is 2.41. The second-order valence-corrected chi connectivity index (χ2v) is 5.90. The number of nitrogens with zero attached hydrogens (tertiary/aromatic N) is 1. The van der Waals surface area contributed by atoms with Crippen LogP contribution in [0.1, 0.15) is 33.6 Å². The third kappa shape index (κ3) is 2.48. The molecular formula is C12H23N2O2+. The largest absolute Gasteiger partial charge is 0.444 e. The molecule has 4 heteroatoms. The lowest BCUT2D eigenvalue weighted by molar-refractivity contribution is -0.639. The topological polar surface area (TPSA) is 46.1 Å². The lowest BCUT2D eigenvalue weighted by Gasteiger charge is -2.36. The van der Waals surface area contributed by atoms with Crippen molar-refractivity contribution in [2.75, 3.05) is 19.6 Å². The lowest BCUT2D eigenvalue weighted by atomic mass is 9.92. The molecule has 0 unspecified atom stereocenters. The van der Waals surface area contributed by atoms with Crippen LogP contribution < -0.4 is 5.32 Å². The van der Waals surface area contributed by atoms with Crippen molar-refractivity contribution < 1.29 is 14.8 Å². The molecule has 2 aliphatic heterocycles. The molecule has 4 nitrogen and oxygen atoms in total. The SMILES string of the molecule is CC(C)(C)OC(=O)N1CCC[C@@H]2C[NH2+]C[C@@H]21. The molecule has 0 saturated carbocycles. The van der Waals surface area contributed by atoms with Gasteiger partial charge in [0.1, 0.15) is 5.60 Å². The number of carbonyl (C=O) groups excluding carboxylic acids is 1. The first-order valence-electron chi connectivity index (χ1n) is 6.28. The monoisotopic (exact) mass is 227 g/mol. The summed E-state index contributed by atoms with van der Waals surface area (Å²) in [6.07, 6.45) is 2.26. The van der Waals surface area contributed by atoms with E-state index in [0.29, 0.717) is 12.0 Å². The highest BCUT2D eigenvalue weighted by molar-refractivity contribution is 5.68. The third-order valence-electron chi connectivity index (χ3n) is 3.42. The van der Waals surface area contributed by atoms with Crippen molar-refractivity contribution in [2.45, 2.75) is 45.3 Å². The Morgan fingerprint density at radius 2 is 2.12 bits per heavy atom. The Hall–Kier alpha value is -0.770. The highest BCUT2D eigenvalue weighted by atomic mass is 16.6. The van der Waals surface area contributed by atoms with Crippen LogP contribution in [0.3, 0.4) is 0 Å². The second-order valence-electron chi connectivity index (χ2n) is 5.90. The van der Waals surface area contributed by atoms with Crippen LogP contribution in [0.5, 0.6) is 0 Å². The molecule has 2 fully saturated rings. The van der Waals surface area contributed by atoms with Gasteiger partial charge in [0.15, 0.2) is 0 Å². The van der Waals surface area contributed by atoms with E-state index in [1.54, 1.807) is 0 Å². The number of amides is 1. The van der Waals surface area contributed by atoms with Crippen molar-refractivity contribution in [2.24, 2.45) is 5.92 Å². The number of piperidine rings is 1. The molecule has 0 radical (unpaired) electrons. The fourth-order valence-electron chi connectivity index (χ4n) is 2.76. The minimum atomic E-state index is -0.383. The van der Waals surface area contributed by atoms with E-state index in [0.717, 1.165) is 19.5 Å². The zero-order chi connectivity index (χ0) is 11.8. The van der Waals surface area contributed by atoms with Gasteiger partial charge in [0.25, 0.3) is 0 Å². The average Bonchev–Trinajstić information content (AvgIpc) is 2.61. The van der Waals surface area contributed by atoms with Crippen molar-refractivity contribution in [3.8, 4) is 0 Å². The first-order valence-corrected chi connectivity index (χ1v) is 6.28. The summed E-state index contributed by atoms with van der Waals surface area (Å²) in [4.78, 5) is 14.0. The van der Waals surface area contributed by atoms with E-state index in [1.807, 2.05) is 25.7 Å². The molecule has 2 saturated heterocycles. The average molecular weight is 227 g/mol. The molecule has 0 aromatic heterocycles. The second kappa shape index (κ2) is 4.24. The predicted octanol–water partition coefficient (Wildman–Crippen LogP) is 0.579. The van der Waals surface area contributed by atoms with Gasteiger partial charge < -0.3 is 10.1 Å². The van der Waals surface area contributed by atoms with Gasteiger partial charge >= 0.3 is 6.09 Å². The number of fused-ring (bicyclic) bond motifs is 1. The lowest BCUT2D eigenvalue weighted by Crippen LogP contribution is -2.82. The molecule has 2 heterocycles. The maximum Gasteiger partial charge on any atom is 0.410 e. The van der Waals surface area contributed by atoms with Crippen molar-refractivity contribution >= 4 is 6.09 Å². The maximum absolute atomic E-state index is 12.0. The first-order chi connectivity index (χ1) is 7.47. The number of rotatable bonds is 0. The van der Waals surface area contributed by atoms with Crippen LogP contribution >= 0.6 is 0 Å². The molecular weight excluding hydrogens is 204 g/mol.